The summed E-state index contributed by atoms with van der Waals surface area (Å²) in [6.45, 7) is -0.0433. The fourth-order valence-electron chi connectivity index (χ4n) is 3.57. The van der Waals surface area contributed by atoms with Crippen LogP contribution in [0.1, 0.15) is 0 Å². The third-order valence-corrected chi connectivity index (χ3v) is 7.25. The van der Waals surface area contributed by atoms with Crippen LogP contribution in [0.4, 0.5) is 10.1 Å². The quantitative estimate of drug-likeness (QED) is 0.396. The maximum atomic E-state index is 13.4. The number of carbonyl (C=O) groups excluding carboxylic acids is 1. The largest absolute Gasteiger partial charge is 0.338 e. The van der Waals surface area contributed by atoms with Gasteiger partial charge in [0.2, 0.25) is 15.9 Å². The number of nitro groups is 1. The van der Waals surface area contributed by atoms with E-state index in [1.165, 1.54) is 39.5 Å². The third-order valence-electron chi connectivity index (χ3n) is 5.35. The van der Waals surface area contributed by atoms with Crippen LogP contribution in [-0.4, -0.2) is 64.2 Å². The number of non-ortho nitro benzene ring substituents is 1. The molecule has 172 valence electrons. The van der Waals surface area contributed by atoms with E-state index in [1.54, 1.807) is 0 Å². The number of halogens is 1. The molecular weight excluding hydrogens is 457 g/mol. The van der Waals surface area contributed by atoms with Crippen molar-refractivity contribution < 1.29 is 22.5 Å². The summed E-state index contributed by atoms with van der Waals surface area (Å²) in [7, 11) is -3.89. The van der Waals surface area contributed by atoms with Crippen molar-refractivity contribution in [3.05, 3.63) is 75.1 Å². The Balaban J connectivity index is 1.45. The van der Waals surface area contributed by atoms with Gasteiger partial charge in [0, 0.05) is 38.3 Å². The summed E-state index contributed by atoms with van der Waals surface area (Å²) in [5.41, 5.74) is -0.570. The van der Waals surface area contributed by atoms with Crippen LogP contribution in [0.5, 0.6) is 0 Å². The number of sulfonamides is 1. The van der Waals surface area contributed by atoms with Crippen LogP contribution in [0.2, 0.25) is 0 Å². The van der Waals surface area contributed by atoms with Gasteiger partial charge in [0.05, 0.1) is 27.0 Å². The van der Waals surface area contributed by atoms with Gasteiger partial charge >= 0.3 is 0 Å². The monoisotopic (exact) mass is 475 g/mol. The van der Waals surface area contributed by atoms with E-state index in [0.717, 1.165) is 23.0 Å². The first kappa shape index (κ1) is 22.5. The number of rotatable bonds is 5. The molecule has 0 unspecified atom stereocenters. The van der Waals surface area contributed by atoms with Crippen molar-refractivity contribution >= 4 is 32.5 Å². The number of benzene rings is 2. The Bertz CT molecular complexity index is 1420. The number of hydrogen-bond donors (Lipinski definition) is 0. The van der Waals surface area contributed by atoms with E-state index in [-0.39, 0.29) is 54.2 Å². The van der Waals surface area contributed by atoms with Gasteiger partial charge in [-0.25, -0.2) is 17.8 Å². The highest BCUT2D eigenvalue weighted by atomic mass is 32.2. The van der Waals surface area contributed by atoms with Crippen LogP contribution in [0.25, 0.3) is 10.9 Å². The van der Waals surface area contributed by atoms with Gasteiger partial charge in [-0.15, -0.1) is 0 Å². The van der Waals surface area contributed by atoms with E-state index in [2.05, 4.69) is 4.98 Å². The molecule has 1 amide bonds. The SMILES string of the molecule is O=C(Cn1cnc2cc([N+](=O)[O-])ccc2c1=O)N1CCN(S(=O)(=O)c2cccc(F)c2)CC1. The second-order valence-corrected chi connectivity index (χ2v) is 9.32. The fourth-order valence-corrected chi connectivity index (χ4v) is 5.03. The third kappa shape index (κ3) is 4.45. The second-order valence-electron chi connectivity index (χ2n) is 7.38. The average molecular weight is 475 g/mol. The summed E-state index contributed by atoms with van der Waals surface area (Å²) >= 11 is 0. The molecular formula is C20H18FN5O6S. The number of hydrogen-bond acceptors (Lipinski definition) is 7. The number of piperazine rings is 1. The van der Waals surface area contributed by atoms with Crippen molar-refractivity contribution in [1.29, 1.82) is 0 Å². The molecule has 0 N–H and O–H groups in total. The summed E-state index contributed by atoms with van der Waals surface area (Å²) in [5.74, 6) is -1.06. The van der Waals surface area contributed by atoms with Crippen LogP contribution in [0.3, 0.4) is 0 Å². The van der Waals surface area contributed by atoms with Gasteiger partial charge in [-0.1, -0.05) is 6.07 Å². The summed E-state index contributed by atoms with van der Waals surface area (Å²) in [6, 6.07) is 8.39. The van der Waals surface area contributed by atoms with Gasteiger partial charge in [0.15, 0.2) is 0 Å². The Morgan fingerprint density at radius 1 is 1.12 bits per heavy atom. The van der Waals surface area contributed by atoms with Crippen molar-refractivity contribution in [1.82, 2.24) is 18.8 Å². The Morgan fingerprint density at radius 3 is 2.52 bits per heavy atom. The Labute approximate surface area is 186 Å². The van der Waals surface area contributed by atoms with Crippen LogP contribution in [-0.2, 0) is 21.4 Å². The maximum Gasteiger partial charge on any atom is 0.271 e. The summed E-state index contributed by atoms with van der Waals surface area (Å²) in [5, 5.41) is 11.0. The number of nitro benzene ring substituents is 1. The van der Waals surface area contributed by atoms with Crippen molar-refractivity contribution in [3.8, 4) is 0 Å². The lowest BCUT2D eigenvalue weighted by Crippen LogP contribution is -2.51. The predicted octanol–water partition coefficient (Wildman–Crippen LogP) is 0.977. The molecule has 33 heavy (non-hydrogen) atoms. The highest BCUT2D eigenvalue weighted by molar-refractivity contribution is 7.89. The molecule has 2 heterocycles. The van der Waals surface area contributed by atoms with Gasteiger partial charge in [-0.2, -0.15) is 4.31 Å². The maximum absolute atomic E-state index is 13.4. The minimum absolute atomic E-state index is 0.0269. The van der Waals surface area contributed by atoms with E-state index in [1.807, 2.05) is 0 Å². The normalized spacial score (nSPS) is 15.0. The van der Waals surface area contributed by atoms with Crippen LogP contribution in [0, 0.1) is 15.9 Å². The van der Waals surface area contributed by atoms with Gasteiger partial charge in [0.1, 0.15) is 12.4 Å². The van der Waals surface area contributed by atoms with Gasteiger partial charge in [0.25, 0.3) is 11.2 Å². The Hall–Kier alpha value is -3.71. The van der Waals surface area contributed by atoms with E-state index in [9.17, 15) is 32.5 Å². The molecule has 4 rings (SSSR count). The number of amides is 1. The van der Waals surface area contributed by atoms with Crippen LogP contribution >= 0.6 is 0 Å². The fraction of sp³-hybridized carbons (Fsp3) is 0.250. The molecule has 0 saturated carbocycles. The molecule has 1 fully saturated rings. The standard InChI is InChI=1S/C20H18FN5O6S/c21-14-2-1-3-16(10-14)33(31,32)25-8-6-23(7-9-25)19(27)12-24-13-22-18-11-15(26(29)30)4-5-17(18)20(24)28/h1-5,10-11,13H,6-9,12H2. The van der Waals surface area contributed by atoms with E-state index >= 15 is 0 Å². The first-order valence-corrected chi connectivity index (χ1v) is 11.3. The lowest BCUT2D eigenvalue weighted by molar-refractivity contribution is -0.384. The van der Waals surface area contributed by atoms with E-state index < -0.39 is 32.2 Å². The molecule has 0 aliphatic carbocycles. The zero-order valence-electron chi connectivity index (χ0n) is 17.1. The molecule has 1 aliphatic heterocycles. The van der Waals surface area contributed by atoms with Gasteiger partial charge in [-0.05, 0) is 24.3 Å². The molecule has 2 aromatic carbocycles. The van der Waals surface area contributed by atoms with Gasteiger partial charge in [-0.3, -0.25) is 24.3 Å². The Kier molecular flexibility index (Phi) is 5.91. The number of carbonyl (C=O) groups is 1. The van der Waals surface area contributed by atoms with Gasteiger partial charge < -0.3 is 4.90 Å². The van der Waals surface area contributed by atoms with Crippen LogP contribution in [0.15, 0.2) is 58.5 Å². The van der Waals surface area contributed by atoms with E-state index in [0.29, 0.717) is 0 Å². The van der Waals surface area contributed by atoms with Crippen LogP contribution < -0.4 is 5.56 Å². The molecule has 0 radical (unpaired) electrons. The first-order valence-electron chi connectivity index (χ1n) is 9.84. The molecule has 13 heteroatoms. The lowest BCUT2D eigenvalue weighted by atomic mass is 10.2. The summed E-state index contributed by atoms with van der Waals surface area (Å²) in [6.07, 6.45) is 1.15. The van der Waals surface area contributed by atoms with Crippen molar-refractivity contribution in [3.63, 3.8) is 0 Å². The Morgan fingerprint density at radius 2 is 1.85 bits per heavy atom. The molecule has 1 saturated heterocycles. The minimum atomic E-state index is -3.89. The number of fused-ring (bicyclic) bond motifs is 1. The first-order chi connectivity index (χ1) is 15.7. The molecule has 1 aromatic heterocycles. The predicted molar refractivity (Wildman–Crippen MR) is 114 cm³/mol. The molecule has 0 bridgehead atoms. The van der Waals surface area contributed by atoms with E-state index in [4.69, 9.17) is 0 Å². The molecule has 3 aromatic rings. The molecule has 0 atom stereocenters. The zero-order valence-corrected chi connectivity index (χ0v) is 17.9. The minimum Gasteiger partial charge on any atom is -0.338 e. The van der Waals surface area contributed by atoms with Crippen molar-refractivity contribution in [2.24, 2.45) is 0 Å². The molecule has 11 nitrogen and oxygen atoms in total. The number of nitrogens with zero attached hydrogens (tertiary/aromatic N) is 5. The molecule has 1 aliphatic rings. The topological polar surface area (TPSA) is 136 Å². The van der Waals surface area contributed by atoms with Crippen molar-refractivity contribution in [2.45, 2.75) is 11.4 Å². The summed E-state index contributed by atoms with van der Waals surface area (Å²) in [4.78, 5) is 41.0. The smallest absolute Gasteiger partial charge is 0.271 e. The molecule has 0 spiro atoms. The lowest BCUT2D eigenvalue weighted by Gasteiger charge is -2.34. The summed E-state index contributed by atoms with van der Waals surface area (Å²) < 4.78 is 41.1. The second kappa shape index (κ2) is 8.67. The highest BCUT2D eigenvalue weighted by Crippen LogP contribution is 2.19. The highest BCUT2D eigenvalue weighted by Gasteiger charge is 2.30. The zero-order chi connectivity index (χ0) is 23.8. The average Bonchev–Trinajstić information content (AvgIpc) is 2.80. The van der Waals surface area contributed by atoms with Crippen molar-refractivity contribution in [2.75, 3.05) is 26.2 Å². The number of aromatic nitrogens is 2.